The summed E-state index contributed by atoms with van der Waals surface area (Å²) in [6, 6.07) is 11.1. The maximum absolute atomic E-state index is 13.1. The van der Waals surface area contributed by atoms with Crippen LogP contribution in [0.25, 0.3) is 0 Å². The van der Waals surface area contributed by atoms with E-state index in [0.29, 0.717) is 36.4 Å². The molecule has 0 amide bonds. The number of carbonyl (C=O) groups excluding carboxylic acids is 2. The molecule has 1 aliphatic heterocycles. The van der Waals surface area contributed by atoms with Crippen LogP contribution in [0.1, 0.15) is 61.0 Å². The van der Waals surface area contributed by atoms with Gasteiger partial charge in [0.25, 0.3) is 5.69 Å². The van der Waals surface area contributed by atoms with E-state index < -0.39 is 16.9 Å². The summed E-state index contributed by atoms with van der Waals surface area (Å²) in [6.45, 7) is 6.79. The highest BCUT2D eigenvalue weighted by atomic mass is 16.6. The van der Waals surface area contributed by atoms with E-state index in [1.54, 1.807) is 19.1 Å². The van der Waals surface area contributed by atoms with Crippen LogP contribution in [0.2, 0.25) is 0 Å². The van der Waals surface area contributed by atoms with E-state index in [1.807, 2.05) is 36.9 Å². The van der Waals surface area contributed by atoms with Gasteiger partial charge in [0.2, 0.25) is 0 Å². The van der Waals surface area contributed by atoms with Gasteiger partial charge in [-0.3, -0.25) is 10.1 Å². The Morgan fingerprint density at radius 2 is 1.88 bits per heavy atom. The summed E-state index contributed by atoms with van der Waals surface area (Å²) in [5.74, 6) is -0.580. The summed E-state index contributed by atoms with van der Waals surface area (Å²) in [7, 11) is 0. The molecular formula is C24H28N2O6. The first-order valence-corrected chi connectivity index (χ1v) is 10.8. The van der Waals surface area contributed by atoms with Crippen molar-refractivity contribution in [2.45, 2.75) is 52.2 Å². The van der Waals surface area contributed by atoms with Gasteiger partial charge in [-0.25, -0.2) is 9.59 Å². The standard InChI is InChI=1S/C24H28N2O6/c1-4-31-24(28)22-6-5-13-25(22)21-12-9-18(16(2)3)14-20(21)23(27)32-15-17-7-10-19(11-8-17)26(29)30/h7-12,14,16,22H,4-6,13,15H2,1-3H3/t22-/m0/s1. The maximum Gasteiger partial charge on any atom is 0.340 e. The van der Waals surface area contributed by atoms with Crippen LogP contribution in [0.5, 0.6) is 0 Å². The number of non-ortho nitro benzene ring substituents is 1. The molecule has 1 fully saturated rings. The number of ether oxygens (including phenoxy) is 2. The van der Waals surface area contributed by atoms with Gasteiger partial charge in [0.15, 0.2) is 0 Å². The van der Waals surface area contributed by atoms with Gasteiger partial charge in [-0.2, -0.15) is 0 Å². The number of carbonyl (C=O) groups is 2. The van der Waals surface area contributed by atoms with E-state index in [-0.39, 0.29) is 24.2 Å². The Kier molecular flexibility index (Phi) is 7.45. The van der Waals surface area contributed by atoms with Crippen molar-refractivity contribution in [3.63, 3.8) is 0 Å². The maximum atomic E-state index is 13.1. The molecule has 0 radical (unpaired) electrons. The van der Waals surface area contributed by atoms with Gasteiger partial charge in [0, 0.05) is 18.7 Å². The summed E-state index contributed by atoms with van der Waals surface area (Å²) in [5.41, 5.74) is 2.66. The molecule has 2 aromatic carbocycles. The zero-order chi connectivity index (χ0) is 23.3. The lowest BCUT2D eigenvalue weighted by Crippen LogP contribution is -2.38. The minimum atomic E-state index is -0.504. The van der Waals surface area contributed by atoms with Crippen molar-refractivity contribution in [2.75, 3.05) is 18.1 Å². The largest absolute Gasteiger partial charge is 0.464 e. The van der Waals surface area contributed by atoms with Crippen molar-refractivity contribution >= 4 is 23.3 Å². The molecular weight excluding hydrogens is 412 g/mol. The molecule has 1 atom stereocenters. The number of anilines is 1. The Hall–Kier alpha value is -3.42. The topological polar surface area (TPSA) is 99.0 Å². The van der Waals surface area contributed by atoms with Crippen LogP contribution in [-0.4, -0.2) is 36.1 Å². The fraction of sp³-hybridized carbons (Fsp3) is 0.417. The SMILES string of the molecule is CCOC(=O)[C@@H]1CCCN1c1ccc(C(C)C)cc1C(=O)OCc1ccc([N+](=O)[O-])cc1. The normalized spacial score (nSPS) is 15.6. The van der Waals surface area contributed by atoms with Crippen LogP contribution in [-0.2, 0) is 20.9 Å². The first-order valence-electron chi connectivity index (χ1n) is 10.8. The minimum absolute atomic E-state index is 0.0104. The van der Waals surface area contributed by atoms with E-state index >= 15 is 0 Å². The number of nitro benzene ring substituents is 1. The highest BCUT2D eigenvalue weighted by molar-refractivity contribution is 5.97. The molecule has 0 spiro atoms. The molecule has 2 aromatic rings. The second-order valence-electron chi connectivity index (χ2n) is 8.03. The average Bonchev–Trinajstić information content (AvgIpc) is 3.27. The summed E-state index contributed by atoms with van der Waals surface area (Å²) < 4.78 is 10.8. The van der Waals surface area contributed by atoms with E-state index in [9.17, 15) is 19.7 Å². The molecule has 8 heteroatoms. The van der Waals surface area contributed by atoms with Crippen LogP contribution in [0, 0.1) is 10.1 Å². The molecule has 0 N–H and O–H groups in total. The van der Waals surface area contributed by atoms with E-state index in [0.717, 1.165) is 12.0 Å². The van der Waals surface area contributed by atoms with Gasteiger partial charge in [0.05, 0.1) is 22.8 Å². The van der Waals surface area contributed by atoms with Crippen molar-refractivity contribution in [1.29, 1.82) is 0 Å². The average molecular weight is 440 g/mol. The number of esters is 2. The third-order valence-corrected chi connectivity index (χ3v) is 5.55. The Bertz CT molecular complexity index is 986. The van der Waals surface area contributed by atoms with E-state index in [2.05, 4.69) is 0 Å². The molecule has 0 bridgehead atoms. The van der Waals surface area contributed by atoms with Crippen molar-refractivity contribution in [1.82, 2.24) is 0 Å². The van der Waals surface area contributed by atoms with E-state index in [1.165, 1.54) is 12.1 Å². The fourth-order valence-corrected chi connectivity index (χ4v) is 3.81. The monoisotopic (exact) mass is 440 g/mol. The van der Waals surface area contributed by atoms with Gasteiger partial charge < -0.3 is 14.4 Å². The summed E-state index contributed by atoms with van der Waals surface area (Å²) in [6.07, 6.45) is 1.49. The van der Waals surface area contributed by atoms with E-state index in [4.69, 9.17) is 9.47 Å². The number of hydrogen-bond acceptors (Lipinski definition) is 7. The fourth-order valence-electron chi connectivity index (χ4n) is 3.81. The zero-order valence-corrected chi connectivity index (χ0v) is 18.6. The summed E-state index contributed by atoms with van der Waals surface area (Å²) in [4.78, 5) is 37.8. The van der Waals surface area contributed by atoms with Crippen LogP contribution < -0.4 is 4.90 Å². The molecule has 0 saturated carbocycles. The smallest absolute Gasteiger partial charge is 0.340 e. The summed E-state index contributed by atoms with van der Waals surface area (Å²) >= 11 is 0. The van der Waals surface area contributed by atoms with Crippen molar-refractivity contribution in [3.05, 3.63) is 69.3 Å². The lowest BCUT2D eigenvalue weighted by atomic mass is 9.99. The first-order chi connectivity index (χ1) is 15.3. The van der Waals surface area contributed by atoms with Gasteiger partial charge in [-0.1, -0.05) is 19.9 Å². The van der Waals surface area contributed by atoms with Gasteiger partial charge in [-0.15, -0.1) is 0 Å². The Labute approximate surface area is 187 Å². The van der Waals surface area contributed by atoms with Crippen LogP contribution in [0.4, 0.5) is 11.4 Å². The van der Waals surface area contributed by atoms with Crippen molar-refractivity contribution < 1.29 is 24.0 Å². The molecule has 0 aromatic heterocycles. The molecule has 1 heterocycles. The van der Waals surface area contributed by atoms with Crippen LogP contribution in [0.3, 0.4) is 0 Å². The predicted octanol–water partition coefficient (Wildman–Crippen LogP) is 4.61. The number of rotatable bonds is 8. The molecule has 8 nitrogen and oxygen atoms in total. The molecule has 3 rings (SSSR count). The number of hydrogen-bond donors (Lipinski definition) is 0. The lowest BCUT2D eigenvalue weighted by Gasteiger charge is -2.27. The molecule has 1 aliphatic rings. The molecule has 32 heavy (non-hydrogen) atoms. The van der Waals surface area contributed by atoms with Crippen molar-refractivity contribution in [3.8, 4) is 0 Å². The molecule has 170 valence electrons. The molecule has 0 aliphatic carbocycles. The predicted molar refractivity (Wildman–Crippen MR) is 120 cm³/mol. The zero-order valence-electron chi connectivity index (χ0n) is 18.6. The first kappa shape index (κ1) is 23.2. The Balaban J connectivity index is 1.84. The quantitative estimate of drug-likeness (QED) is 0.336. The van der Waals surface area contributed by atoms with Gasteiger partial charge in [0.1, 0.15) is 12.6 Å². The Morgan fingerprint density at radius 1 is 1.16 bits per heavy atom. The van der Waals surface area contributed by atoms with Crippen molar-refractivity contribution in [2.24, 2.45) is 0 Å². The summed E-state index contributed by atoms with van der Waals surface area (Å²) in [5, 5.41) is 10.8. The second-order valence-corrected chi connectivity index (χ2v) is 8.03. The number of nitrogens with zero attached hydrogens (tertiary/aromatic N) is 2. The molecule has 1 saturated heterocycles. The van der Waals surface area contributed by atoms with Crippen LogP contribution in [0.15, 0.2) is 42.5 Å². The third-order valence-electron chi connectivity index (χ3n) is 5.55. The third kappa shape index (κ3) is 5.25. The Morgan fingerprint density at radius 3 is 2.50 bits per heavy atom. The molecule has 0 unspecified atom stereocenters. The minimum Gasteiger partial charge on any atom is -0.464 e. The number of nitro groups is 1. The van der Waals surface area contributed by atoms with Gasteiger partial charge in [-0.05, 0) is 61.1 Å². The lowest BCUT2D eigenvalue weighted by molar-refractivity contribution is -0.384. The highest BCUT2D eigenvalue weighted by Gasteiger charge is 2.34. The van der Waals surface area contributed by atoms with Gasteiger partial charge >= 0.3 is 11.9 Å². The second kappa shape index (κ2) is 10.3. The van der Waals surface area contributed by atoms with Crippen LogP contribution >= 0.6 is 0 Å². The highest BCUT2D eigenvalue weighted by Crippen LogP contribution is 2.32. The number of benzene rings is 2.